The lowest BCUT2D eigenvalue weighted by Crippen LogP contribution is -2.31. The number of aryl methyl sites for hydroxylation is 1. The number of aromatic nitrogens is 1. The number of nitrogens with zero attached hydrogens (tertiary/aromatic N) is 1. The molecule has 1 atom stereocenters. The monoisotopic (exact) mass is 330 g/mol. The topological polar surface area (TPSA) is 67.5 Å². The summed E-state index contributed by atoms with van der Waals surface area (Å²) in [5.74, 6) is 1.29. The first kappa shape index (κ1) is 16.1. The summed E-state index contributed by atoms with van der Waals surface area (Å²) in [6.45, 7) is 2.89. The van der Waals surface area contributed by atoms with Gasteiger partial charge in [0.05, 0.1) is 22.3 Å². The Morgan fingerprint density at radius 1 is 1.33 bits per heavy atom. The minimum absolute atomic E-state index is 0.153. The second-order valence-corrected chi connectivity index (χ2v) is 5.42. The molecule has 0 amide bonds. The maximum Gasteiger partial charge on any atom is 0.150 e. The molecule has 0 bridgehead atoms. The van der Waals surface area contributed by atoms with Crippen LogP contribution in [0.25, 0.3) is 0 Å². The molecule has 1 unspecified atom stereocenters. The Morgan fingerprint density at radius 3 is 2.81 bits per heavy atom. The molecule has 114 valence electrons. The van der Waals surface area contributed by atoms with Crippen LogP contribution in [0.2, 0.25) is 10.0 Å². The highest BCUT2D eigenvalue weighted by atomic mass is 35.5. The highest BCUT2D eigenvalue weighted by Crippen LogP contribution is 2.26. The van der Waals surface area contributed by atoms with E-state index < -0.39 is 6.10 Å². The van der Waals surface area contributed by atoms with Gasteiger partial charge in [-0.3, -0.25) is 0 Å². The summed E-state index contributed by atoms with van der Waals surface area (Å²) in [6, 6.07) is 6.80. The molecule has 0 saturated heterocycles. The van der Waals surface area contributed by atoms with E-state index in [0.29, 0.717) is 28.9 Å². The van der Waals surface area contributed by atoms with Crippen LogP contribution in [0.4, 0.5) is 0 Å². The van der Waals surface area contributed by atoms with Crippen molar-refractivity contribution in [1.29, 1.82) is 0 Å². The van der Waals surface area contributed by atoms with Crippen LogP contribution in [-0.2, 0) is 6.54 Å². The Morgan fingerprint density at radius 2 is 2.14 bits per heavy atom. The van der Waals surface area contributed by atoms with Crippen LogP contribution < -0.4 is 10.1 Å². The summed E-state index contributed by atoms with van der Waals surface area (Å²) in [6.07, 6.45) is -0.650. The molecule has 1 aromatic carbocycles. The number of nitrogens with one attached hydrogen (secondary N) is 1. The highest BCUT2D eigenvalue weighted by Gasteiger charge is 2.07. The summed E-state index contributed by atoms with van der Waals surface area (Å²) in [4.78, 5) is 0. The standard InChI is InChI=1S/C14H16Cl2N2O3/c1-9-4-12(21-18-9)7-17-6-10(19)8-20-11-2-3-13(15)14(16)5-11/h2-5,10,17,19H,6-8H2,1H3. The molecule has 0 aliphatic carbocycles. The Kier molecular flexibility index (Phi) is 5.87. The molecule has 0 aliphatic rings. The Bertz CT molecular complexity index is 589. The van der Waals surface area contributed by atoms with Crippen LogP contribution in [0.1, 0.15) is 11.5 Å². The molecule has 2 N–H and O–H groups in total. The predicted octanol–water partition coefficient (Wildman–Crippen LogP) is 2.82. The van der Waals surface area contributed by atoms with Crippen LogP contribution in [0.5, 0.6) is 5.75 Å². The Hall–Kier alpha value is -1.27. The van der Waals surface area contributed by atoms with Crippen molar-refractivity contribution in [3.05, 3.63) is 45.8 Å². The predicted molar refractivity (Wildman–Crippen MR) is 80.9 cm³/mol. The maximum atomic E-state index is 9.82. The lowest BCUT2D eigenvalue weighted by atomic mass is 10.3. The molecule has 0 spiro atoms. The first-order valence-electron chi connectivity index (χ1n) is 6.43. The van der Waals surface area contributed by atoms with Crippen LogP contribution in [0, 0.1) is 6.92 Å². The normalized spacial score (nSPS) is 12.4. The van der Waals surface area contributed by atoms with Gasteiger partial charge in [0, 0.05) is 18.7 Å². The summed E-state index contributed by atoms with van der Waals surface area (Å²) in [7, 11) is 0. The van der Waals surface area contributed by atoms with Crippen molar-refractivity contribution in [2.45, 2.75) is 19.6 Å². The second-order valence-electron chi connectivity index (χ2n) is 4.61. The third-order valence-corrected chi connectivity index (χ3v) is 3.43. The zero-order valence-electron chi connectivity index (χ0n) is 11.5. The number of aliphatic hydroxyl groups excluding tert-OH is 1. The van der Waals surface area contributed by atoms with Crippen molar-refractivity contribution in [1.82, 2.24) is 10.5 Å². The van der Waals surface area contributed by atoms with E-state index in [2.05, 4.69) is 10.5 Å². The number of rotatable bonds is 7. The molecule has 1 heterocycles. The number of benzene rings is 1. The summed E-state index contributed by atoms with van der Waals surface area (Å²) < 4.78 is 10.5. The van der Waals surface area contributed by atoms with Gasteiger partial charge in [0.25, 0.3) is 0 Å². The SMILES string of the molecule is Cc1cc(CNCC(O)COc2ccc(Cl)c(Cl)c2)on1. The van der Waals surface area contributed by atoms with Crippen molar-refractivity contribution in [2.24, 2.45) is 0 Å². The van der Waals surface area contributed by atoms with E-state index in [-0.39, 0.29) is 6.61 Å². The molecule has 2 rings (SSSR count). The van der Waals surface area contributed by atoms with Crippen LogP contribution >= 0.6 is 23.2 Å². The zero-order valence-corrected chi connectivity index (χ0v) is 13.0. The van der Waals surface area contributed by atoms with E-state index in [1.165, 1.54) is 0 Å². The van der Waals surface area contributed by atoms with Gasteiger partial charge in [-0.05, 0) is 19.1 Å². The molecule has 21 heavy (non-hydrogen) atoms. The van der Waals surface area contributed by atoms with Gasteiger partial charge in [-0.2, -0.15) is 0 Å². The van der Waals surface area contributed by atoms with E-state index in [1.807, 2.05) is 13.0 Å². The Labute approximate surface area is 132 Å². The van der Waals surface area contributed by atoms with Gasteiger partial charge in [-0.15, -0.1) is 0 Å². The number of halogens is 2. The van der Waals surface area contributed by atoms with E-state index in [9.17, 15) is 5.11 Å². The molecule has 0 aliphatic heterocycles. The van der Waals surface area contributed by atoms with E-state index in [0.717, 1.165) is 11.5 Å². The van der Waals surface area contributed by atoms with E-state index in [1.54, 1.807) is 18.2 Å². The lowest BCUT2D eigenvalue weighted by molar-refractivity contribution is 0.105. The van der Waals surface area contributed by atoms with Crippen molar-refractivity contribution < 1.29 is 14.4 Å². The molecule has 1 aromatic heterocycles. The van der Waals surface area contributed by atoms with Crippen LogP contribution in [0.15, 0.2) is 28.8 Å². The van der Waals surface area contributed by atoms with Gasteiger partial charge in [-0.1, -0.05) is 28.4 Å². The first-order valence-corrected chi connectivity index (χ1v) is 7.19. The fourth-order valence-corrected chi connectivity index (χ4v) is 1.97. The molecular weight excluding hydrogens is 315 g/mol. The second kappa shape index (κ2) is 7.66. The van der Waals surface area contributed by atoms with Gasteiger partial charge in [-0.25, -0.2) is 0 Å². The molecule has 2 aromatic rings. The largest absolute Gasteiger partial charge is 0.491 e. The molecule has 0 radical (unpaired) electrons. The van der Waals surface area contributed by atoms with Crippen LogP contribution in [-0.4, -0.2) is 29.5 Å². The fourth-order valence-electron chi connectivity index (χ4n) is 1.68. The average Bonchev–Trinajstić information content (AvgIpc) is 2.86. The maximum absolute atomic E-state index is 9.82. The zero-order chi connectivity index (χ0) is 15.2. The molecular formula is C14H16Cl2N2O3. The summed E-state index contributed by atoms with van der Waals surface area (Å²) in [5, 5.41) is 17.6. The Balaban J connectivity index is 1.69. The number of hydrogen-bond donors (Lipinski definition) is 2. The van der Waals surface area contributed by atoms with Gasteiger partial charge in [0.15, 0.2) is 5.76 Å². The number of aliphatic hydroxyl groups is 1. The molecule has 5 nitrogen and oxygen atoms in total. The molecule has 0 fully saturated rings. The quantitative estimate of drug-likeness (QED) is 0.817. The minimum atomic E-state index is -0.650. The third kappa shape index (κ3) is 5.21. The van der Waals surface area contributed by atoms with Crippen molar-refractivity contribution in [2.75, 3.05) is 13.2 Å². The lowest BCUT2D eigenvalue weighted by Gasteiger charge is -2.13. The van der Waals surface area contributed by atoms with Gasteiger partial charge in [0.1, 0.15) is 18.5 Å². The van der Waals surface area contributed by atoms with Crippen molar-refractivity contribution in [3.8, 4) is 5.75 Å². The summed E-state index contributed by atoms with van der Waals surface area (Å²) >= 11 is 11.7. The fraction of sp³-hybridized carbons (Fsp3) is 0.357. The smallest absolute Gasteiger partial charge is 0.150 e. The van der Waals surface area contributed by atoms with Gasteiger partial charge >= 0.3 is 0 Å². The number of ether oxygens (including phenoxy) is 1. The summed E-state index contributed by atoms with van der Waals surface area (Å²) in [5.41, 5.74) is 0.829. The third-order valence-electron chi connectivity index (χ3n) is 2.69. The van der Waals surface area contributed by atoms with Gasteiger partial charge in [0.2, 0.25) is 0 Å². The van der Waals surface area contributed by atoms with Gasteiger partial charge < -0.3 is 19.7 Å². The van der Waals surface area contributed by atoms with Crippen molar-refractivity contribution >= 4 is 23.2 Å². The molecule has 0 saturated carbocycles. The van der Waals surface area contributed by atoms with E-state index >= 15 is 0 Å². The average molecular weight is 331 g/mol. The first-order chi connectivity index (χ1) is 10.0. The van der Waals surface area contributed by atoms with Crippen molar-refractivity contribution in [3.63, 3.8) is 0 Å². The molecule has 7 heteroatoms. The highest BCUT2D eigenvalue weighted by molar-refractivity contribution is 6.42. The van der Waals surface area contributed by atoms with E-state index in [4.69, 9.17) is 32.5 Å². The number of hydrogen-bond acceptors (Lipinski definition) is 5. The van der Waals surface area contributed by atoms with Crippen LogP contribution in [0.3, 0.4) is 0 Å². The minimum Gasteiger partial charge on any atom is -0.491 e.